The van der Waals surface area contributed by atoms with Crippen LogP contribution in [0, 0.1) is 11.8 Å². The summed E-state index contributed by atoms with van der Waals surface area (Å²) in [6.45, 7) is 7.80. The van der Waals surface area contributed by atoms with E-state index in [2.05, 4.69) is 10.6 Å². The lowest BCUT2D eigenvalue weighted by atomic mass is 9.86. The van der Waals surface area contributed by atoms with Crippen molar-refractivity contribution in [3.05, 3.63) is 11.5 Å². The zero-order valence-corrected chi connectivity index (χ0v) is 14.4. The van der Waals surface area contributed by atoms with Gasteiger partial charge in [-0.15, -0.1) is 0 Å². The van der Waals surface area contributed by atoms with Crippen molar-refractivity contribution >= 4 is 18.0 Å². The number of amides is 4. The first-order valence-corrected chi connectivity index (χ1v) is 7.71. The van der Waals surface area contributed by atoms with Crippen molar-refractivity contribution < 1.29 is 24.0 Å². The molecule has 3 N–H and O–H groups in total. The Morgan fingerprint density at radius 1 is 1.26 bits per heavy atom. The minimum Gasteiger partial charge on any atom is -0.465 e. The van der Waals surface area contributed by atoms with E-state index in [0.717, 1.165) is 4.90 Å². The van der Waals surface area contributed by atoms with Crippen LogP contribution in [-0.4, -0.2) is 52.3 Å². The van der Waals surface area contributed by atoms with Gasteiger partial charge in [0.1, 0.15) is 5.66 Å². The van der Waals surface area contributed by atoms with Crippen LogP contribution in [0.1, 0.15) is 34.1 Å². The number of urea groups is 1. The summed E-state index contributed by atoms with van der Waals surface area (Å²) in [5, 5.41) is 15.3. The molecule has 0 aromatic carbocycles. The van der Waals surface area contributed by atoms with E-state index in [0.29, 0.717) is 12.2 Å². The first-order valence-electron chi connectivity index (χ1n) is 7.71. The average Bonchev–Trinajstić information content (AvgIpc) is 2.73. The Bertz CT molecular complexity index is 609. The maximum atomic E-state index is 12.3. The molecule has 128 valence electrons. The normalized spacial score (nSPS) is 26.5. The molecule has 4 amide bonds. The van der Waals surface area contributed by atoms with Gasteiger partial charge in [0.05, 0.1) is 14.1 Å². The van der Waals surface area contributed by atoms with E-state index in [1.165, 1.54) is 0 Å². The Hall–Kier alpha value is -2.09. The molecule has 0 saturated heterocycles. The third kappa shape index (κ3) is 2.37. The number of hydrogen-bond donors (Lipinski definition) is 3. The van der Waals surface area contributed by atoms with Crippen LogP contribution < -0.4 is 10.6 Å². The molecule has 0 aromatic rings. The van der Waals surface area contributed by atoms with Crippen LogP contribution in [0.2, 0.25) is 0 Å². The minimum absolute atomic E-state index is 0.0106. The van der Waals surface area contributed by atoms with Gasteiger partial charge >= 0.3 is 12.1 Å². The molecule has 0 fully saturated rings. The molecular formula is C15H25N4O4+. The molecule has 23 heavy (non-hydrogen) atoms. The lowest BCUT2D eigenvalue weighted by molar-refractivity contribution is -0.773. The molecule has 0 aromatic heterocycles. The molecule has 2 heterocycles. The van der Waals surface area contributed by atoms with Crippen molar-refractivity contribution in [1.82, 2.24) is 15.5 Å². The molecule has 1 unspecified atom stereocenters. The van der Waals surface area contributed by atoms with Crippen molar-refractivity contribution in [2.45, 2.75) is 39.8 Å². The van der Waals surface area contributed by atoms with Crippen LogP contribution in [0.25, 0.3) is 0 Å². The smallest absolute Gasteiger partial charge is 0.429 e. The highest BCUT2D eigenvalue weighted by Gasteiger charge is 2.60. The standard InChI is InChI=1S/C15H24N4O4/c1-8(2)7-15(9(3)4)17-11-10(18(15)14(22)23)12(20)16-13(21)19(11,5)6/h8-9H,7H2,1-6H3,(H2-,16,17,20,21,22,23)/p+1. The number of carbonyl (C=O) groups excluding carboxylic acids is 2. The third-order valence-corrected chi connectivity index (χ3v) is 4.55. The Labute approximate surface area is 135 Å². The fourth-order valence-electron chi connectivity index (χ4n) is 3.31. The summed E-state index contributed by atoms with van der Waals surface area (Å²) in [5.41, 5.74) is -0.946. The van der Waals surface area contributed by atoms with Crippen molar-refractivity contribution in [3.8, 4) is 0 Å². The second-order valence-electron chi connectivity index (χ2n) is 7.33. The summed E-state index contributed by atoms with van der Waals surface area (Å²) in [5.74, 6) is -0.254. The fourth-order valence-corrected chi connectivity index (χ4v) is 3.31. The van der Waals surface area contributed by atoms with E-state index in [1.54, 1.807) is 14.1 Å². The Balaban J connectivity index is 2.67. The first-order chi connectivity index (χ1) is 10.4. The van der Waals surface area contributed by atoms with Gasteiger partial charge in [0.2, 0.25) is 5.82 Å². The molecular weight excluding hydrogens is 300 g/mol. The van der Waals surface area contributed by atoms with Gasteiger partial charge in [-0.1, -0.05) is 27.7 Å². The van der Waals surface area contributed by atoms with Crippen LogP contribution in [0.3, 0.4) is 0 Å². The number of nitrogens with zero attached hydrogens (tertiary/aromatic N) is 2. The second-order valence-corrected chi connectivity index (χ2v) is 7.33. The fraction of sp³-hybridized carbons (Fsp3) is 0.667. The van der Waals surface area contributed by atoms with Gasteiger partial charge in [0.25, 0.3) is 5.91 Å². The summed E-state index contributed by atoms with van der Waals surface area (Å²) in [6, 6.07) is -0.490. The average molecular weight is 325 g/mol. The minimum atomic E-state index is -1.21. The van der Waals surface area contributed by atoms with Crippen LogP contribution >= 0.6 is 0 Å². The van der Waals surface area contributed by atoms with Gasteiger partial charge in [-0.3, -0.25) is 4.79 Å². The summed E-state index contributed by atoms with van der Waals surface area (Å²) >= 11 is 0. The molecule has 0 bridgehead atoms. The maximum absolute atomic E-state index is 12.3. The van der Waals surface area contributed by atoms with Gasteiger partial charge in [0, 0.05) is 0 Å². The molecule has 8 nitrogen and oxygen atoms in total. The monoisotopic (exact) mass is 325 g/mol. The second kappa shape index (κ2) is 5.23. The number of hydrogen-bond acceptors (Lipinski definition) is 4. The molecule has 2 aliphatic rings. The van der Waals surface area contributed by atoms with Crippen LogP contribution in [0.15, 0.2) is 11.5 Å². The van der Waals surface area contributed by atoms with E-state index in [-0.39, 0.29) is 22.0 Å². The van der Waals surface area contributed by atoms with Crippen LogP contribution in [-0.2, 0) is 4.79 Å². The van der Waals surface area contributed by atoms with E-state index >= 15 is 0 Å². The molecule has 0 spiro atoms. The lowest BCUT2D eigenvalue weighted by Crippen LogP contribution is -2.61. The van der Waals surface area contributed by atoms with Crippen LogP contribution in [0.4, 0.5) is 9.59 Å². The number of rotatable bonds is 3. The van der Waals surface area contributed by atoms with Gasteiger partial charge < -0.3 is 10.4 Å². The summed E-state index contributed by atoms with van der Waals surface area (Å²) in [7, 11) is 3.24. The van der Waals surface area contributed by atoms with Crippen molar-refractivity contribution in [3.63, 3.8) is 0 Å². The molecule has 0 aliphatic carbocycles. The zero-order chi connectivity index (χ0) is 17.7. The molecule has 0 saturated carbocycles. The molecule has 2 aliphatic heterocycles. The molecule has 0 radical (unpaired) electrons. The Kier molecular flexibility index (Phi) is 3.92. The van der Waals surface area contributed by atoms with Crippen molar-refractivity contribution in [2.75, 3.05) is 14.1 Å². The summed E-state index contributed by atoms with van der Waals surface area (Å²) < 4.78 is -0.253. The number of quaternary nitrogens is 1. The topological polar surface area (TPSA) is 98.7 Å². The highest BCUT2D eigenvalue weighted by molar-refractivity contribution is 6.06. The lowest BCUT2D eigenvalue weighted by Gasteiger charge is -2.41. The largest absolute Gasteiger partial charge is 0.465 e. The van der Waals surface area contributed by atoms with Gasteiger partial charge in [0.15, 0.2) is 5.70 Å². The van der Waals surface area contributed by atoms with E-state index < -0.39 is 23.7 Å². The number of nitrogens with one attached hydrogen (secondary N) is 2. The van der Waals surface area contributed by atoms with E-state index in [1.807, 2.05) is 27.7 Å². The van der Waals surface area contributed by atoms with Crippen LogP contribution in [0.5, 0.6) is 0 Å². The highest BCUT2D eigenvalue weighted by Crippen LogP contribution is 2.42. The SMILES string of the molecule is CC(C)CC1(C(C)C)NC2=C(C(=O)NC(=O)[N+]2(C)C)N1C(=O)O. The van der Waals surface area contributed by atoms with E-state index in [4.69, 9.17) is 0 Å². The summed E-state index contributed by atoms with van der Waals surface area (Å²) in [6.07, 6.45) is -0.688. The quantitative estimate of drug-likeness (QED) is 0.682. The van der Waals surface area contributed by atoms with Gasteiger partial charge in [-0.2, -0.15) is 4.48 Å². The Morgan fingerprint density at radius 3 is 2.26 bits per heavy atom. The third-order valence-electron chi connectivity index (χ3n) is 4.55. The highest BCUT2D eigenvalue weighted by atomic mass is 16.4. The summed E-state index contributed by atoms with van der Waals surface area (Å²) in [4.78, 5) is 37.6. The zero-order valence-electron chi connectivity index (χ0n) is 14.4. The number of imide groups is 1. The number of carboxylic acid groups (broad SMARTS) is 1. The first kappa shape index (κ1) is 17.3. The molecule has 1 atom stereocenters. The van der Waals surface area contributed by atoms with Gasteiger partial charge in [-0.05, 0) is 18.3 Å². The van der Waals surface area contributed by atoms with Gasteiger partial charge in [-0.25, -0.2) is 19.8 Å². The maximum Gasteiger partial charge on any atom is 0.429 e. The molecule has 8 heteroatoms. The molecule has 2 rings (SSSR count). The number of carbonyl (C=O) groups is 3. The predicted molar refractivity (Wildman–Crippen MR) is 82.7 cm³/mol. The van der Waals surface area contributed by atoms with E-state index in [9.17, 15) is 19.5 Å². The van der Waals surface area contributed by atoms with Crippen molar-refractivity contribution in [2.24, 2.45) is 11.8 Å². The van der Waals surface area contributed by atoms with Crippen molar-refractivity contribution in [1.29, 1.82) is 0 Å². The Morgan fingerprint density at radius 2 is 1.83 bits per heavy atom. The predicted octanol–water partition coefficient (Wildman–Crippen LogP) is 1.46.